The van der Waals surface area contributed by atoms with E-state index in [0.717, 1.165) is 70.1 Å². The summed E-state index contributed by atoms with van der Waals surface area (Å²) in [6.07, 6.45) is 6.64. The lowest BCUT2D eigenvalue weighted by Crippen LogP contribution is -2.42. The van der Waals surface area contributed by atoms with Crippen molar-refractivity contribution < 1.29 is 39.9 Å². The van der Waals surface area contributed by atoms with E-state index in [0.29, 0.717) is 66.7 Å². The third-order valence-corrected chi connectivity index (χ3v) is 13.6. The summed E-state index contributed by atoms with van der Waals surface area (Å²) < 4.78 is 9.59. The molecule has 0 saturated carbocycles. The van der Waals surface area contributed by atoms with Gasteiger partial charge in [-0.2, -0.15) is 5.10 Å². The number of aliphatic hydroxyl groups is 2. The minimum Gasteiger partial charge on any atom is -0.562 e. The van der Waals surface area contributed by atoms with Gasteiger partial charge in [0.25, 0.3) is 0 Å². The van der Waals surface area contributed by atoms with Crippen molar-refractivity contribution in [2.75, 3.05) is 26.2 Å². The van der Waals surface area contributed by atoms with E-state index in [9.17, 15) is 34.8 Å². The Labute approximate surface area is 374 Å². The van der Waals surface area contributed by atoms with Crippen LogP contribution in [-0.2, 0) is 24.3 Å². The Bertz CT molecular complexity index is 3010. The van der Waals surface area contributed by atoms with Crippen LogP contribution in [0.15, 0.2) is 82.8 Å². The molecule has 1 fully saturated rings. The molecule has 9 rings (SSSR count). The summed E-state index contributed by atoms with van der Waals surface area (Å²) in [5.41, 5.74) is 5.10. The van der Waals surface area contributed by atoms with Gasteiger partial charge in [0.1, 0.15) is 17.2 Å². The van der Waals surface area contributed by atoms with Gasteiger partial charge >= 0.3 is 17.8 Å². The topological polar surface area (TPSA) is 222 Å². The van der Waals surface area contributed by atoms with Crippen LogP contribution in [0.1, 0.15) is 81.7 Å². The van der Waals surface area contributed by atoms with Crippen LogP contribution < -0.4 is 10.4 Å². The minimum atomic E-state index is -2.02. The number of aromatic hydroxyl groups is 2. The van der Waals surface area contributed by atoms with Crippen LogP contribution >= 0.6 is 0 Å². The van der Waals surface area contributed by atoms with Crippen LogP contribution in [0.5, 0.6) is 17.2 Å². The molecule has 0 unspecified atom stereocenters. The van der Waals surface area contributed by atoms with Gasteiger partial charge in [-0.15, -0.1) is 0 Å². The lowest BCUT2D eigenvalue weighted by Gasteiger charge is -2.31. The zero-order chi connectivity index (χ0) is 45.9. The van der Waals surface area contributed by atoms with Gasteiger partial charge in [0, 0.05) is 77.2 Å². The number of amides is 1. The van der Waals surface area contributed by atoms with Crippen LogP contribution in [0, 0.1) is 5.92 Å². The number of carbonyl (C=O) groups excluding carboxylic acids is 2. The van der Waals surface area contributed by atoms with E-state index in [-0.39, 0.29) is 41.8 Å². The number of benzene rings is 3. The number of likely N-dealkylation sites (tertiary alicyclic amines) is 1. The van der Waals surface area contributed by atoms with Gasteiger partial charge < -0.3 is 44.6 Å². The summed E-state index contributed by atoms with van der Waals surface area (Å²) in [4.78, 5) is 47.7. The number of aromatic amines is 1. The number of aromatic nitrogens is 5. The fourth-order valence-electron chi connectivity index (χ4n) is 9.86. The van der Waals surface area contributed by atoms with Gasteiger partial charge in [-0.3, -0.25) is 0 Å². The smallest absolute Gasteiger partial charge is 0.552 e. The number of rotatable bonds is 12. The molecule has 338 valence electrons. The van der Waals surface area contributed by atoms with Crippen molar-refractivity contribution in [2.45, 2.75) is 84.4 Å². The van der Waals surface area contributed by atoms with Crippen molar-refractivity contribution in [3.05, 3.63) is 111 Å². The molecule has 16 nitrogen and oxygen atoms in total. The molecule has 0 spiro atoms. The number of hydrogen-bond donors (Lipinski definition) is 5. The second kappa shape index (κ2) is 16.9. The largest absolute Gasteiger partial charge is 0.562 e. The summed E-state index contributed by atoms with van der Waals surface area (Å²) in [6, 6.07) is 16.2. The average molecular weight is 885 g/mol. The minimum absolute atomic E-state index is 0.00481. The number of fused-ring (bicyclic) bond motifs is 5. The first-order valence-electron chi connectivity index (χ1n) is 22.3. The van der Waals surface area contributed by atoms with E-state index in [4.69, 9.17) is 14.8 Å². The van der Waals surface area contributed by atoms with Gasteiger partial charge in [-0.1, -0.05) is 27.7 Å². The molecule has 7 N–H and O–H groups in total. The fraction of sp³-hybridized carbons (Fsp3) is 0.367. The molecule has 1 saturated heterocycles. The Balaban J connectivity index is 0.844. The Hall–Kier alpha value is -6.91. The lowest BCUT2D eigenvalue weighted by atomic mass is 9.84. The Morgan fingerprint density at radius 3 is 2.51 bits per heavy atom. The highest BCUT2D eigenvalue weighted by molar-refractivity contribution is 5.91. The van der Waals surface area contributed by atoms with Gasteiger partial charge in [0.2, 0.25) is 5.60 Å². The highest BCUT2D eigenvalue weighted by atomic mass is 16.6. The molecule has 0 bridgehead atoms. The fourth-order valence-corrected chi connectivity index (χ4v) is 9.86. The first kappa shape index (κ1) is 43.3. The van der Waals surface area contributed by atoms with Crippen molar-refractivity contribution in [3.8, 4) is 34.3 Å². The van der Waals surface area contributed by atoms with E-state index < -0.39 is 23.4 Å². The number of piperidine rings is 1. The number of hydrogen-bond acceptors (Lipinski definition) is 11. The third-order valence-electron chi connectivity index (χ3n) is 13.6. The number of H-pyrrole nitrogens is 1. The van der Waals surface area contributed by atoms with Gasteiger partial charge in [0.05, 0.1) is 34.8 Å². The summed E-state index contributed by atoms with van der Waals surface area (Å²) in [5.74, 6) is -0.253. The predicted molar refractivity (Wildman–Crippen MR) is 245 cm³/mol. The number of nitrogens with zero attached hydrogens (tertiary/aromatic N) is 6. The summed E-state index contributed by atoms with van der Waals surface area (Å²) in [7, 11) is 0. The van der Waals surface area contributed by atoms with Crippen molar-refractivity contribution in [1.29, 1.82) is 0 Å². The molecule has 0 radical (unpaired) electrons. The summed E-state index contributed by atoms with van der Waals surface area (Å²) in [6.45, 7) is 9.98. The molecule has 1 amide bonds. The van der Waals surface area contributed by atoms with Crippen molar-refractivity contribution in [1.82, 2.24) is 34.1 Å². The molecule has 3 aromatic carbocycles. The number of nitrogens with one attached hydrogen (secondary N) is 1. The molecule has 16 heteroatoms. The van der Waals surface area contributed by atoms with Crippen LogP contribution in [0.2, 0.25) is 0 Å². The Morgan fingerprint density at radius 2 is 1.80 bits per heavy atom. The molecule has 3 aliphatic heterocycles. The Kier molecular flexibility index (Phi) is 11.3. The zero-order valence-electron chi connectivity index (χ0n) is 36.9. The van der Waals surface area contributed by atoms with Gasteiger partial charge in [0.15, 0.2) is 5.82 Å². The molecular weight excluding hydrogens is 831 g/mol. The van der Waals surface area contributed by atoms with Crippen LogP contribution in [0.25, 0.3) is 44.6 Å². The summed E-state index contributed by atoms with van der Waals surface area (Å²) >= 11 is 0. The van der Waals surface area contributed by atoms with Crippen LogP contribution in [0.4, 0.5) is 4.79 Å². The standard InChI is InChI=1S/C49H53N7O9/c1-5-33-35-20-32(8-9-39(35)50-44-37(33)25-55-24-30(26-57)38(22-41(44)55)49(64,6-2)46(60)61)65-48(63)54-16-12-28(13-17-54)11-15-53-18-14-29-19-31(7-10-40(29)53)56-45(51-52-47(56)62)36-21-34(27(3)4)42(58)23-43(36)59/h7-10,14,18-23,27-28,57-59,64H,5-6,11-13,15-17,24-26H2,1-4H3,(H,52,62)(H,60,61)/p+1/t49-/m0/s1. The highest BCUT2D eigenvalue weighted by Gasteiger charge is 2.48. The molecule has 6 aromatic rings. The van der Waals surface area contributed by atoms with Crippen LogP contribution in [-0.4, -0.2) is 104 Å². The van der Waals surface area contributed by atoms with Crippen molar-refractivity contribution in [2.24, 2.45) is 5.92 Å². The third kappa shape index (κ3) is 7.59. The molecule has 6 heterocycles. The Morgan fingerprint density at radius 1 is 1.02 bits per heavy atom. The quantitative estimate of drug-likeness (QED) is 0.0900. The van der Waals surface area contributed by atoms with Crippen molar-refractivity contribution in [3.63, 3.8) is 0 Å². The second-order valence-corrected chi connectivity index (χ2v) is 17.7. The predicted octanol–water partition coefficient (Wildman–Crippen LogP) is 5.98. The number of pyridine rings is 1. The first-order chi connectivity index (χ1) is 31.2. The average Bonchev–Trinajstić information content (AvgIpc) is 4.00. The maximum Gasteiger partial charge on any atom is 0.552 e. The van der Waals surface area contributed by atoms with E-state index >= 15 is 0 Å². The number of phenolic OH excluding ortho intramolecular Hbond substituents is 2. The molecule has 3 aromatic heterocycles. The summed E-state index contributed by atoms with van der Waals surface area (Å²) in [5, 5.41) is 58.9. The second-order valence-electron chi connectivity index (χ2n) is 17.7. The molecule has 3 aliphatic rings. The normalized spacial score (nSPS) is 16.3. The number of aliphatic hydroxyl groups excluding tert-OH is 1. The van der Waals surface area contributed by atoms with Crippen LogP contribution in [0.3, 0.4) is 0 Å². The molecule has 65 heavy (non-hydrogen) atoms. The first-order valence-corrected chi connectivity index (χ1v) is 22.3. The van der Waals surface area contributed by atoms with Crippen molar-refractivity contribution >= 4 is 39.6 Å². The molecule has 1 atom stereocenters. The SMILES string of the molecule is CCc1c2c(nc3ccc(OC(=O)N4CCC(CCn5ccc6cc(-n7c(-c8cc(C(C)C)c(O)cc8O)n[nH]c7=O)ccc65)CC4)cc13)C1=CC([C@@](O)(CC)C(=O)[OH2+])=C(CO)CN1C2. The van der Waals surface area contributed by atoms with E-state index in [2.05, 4.69) is 26.6 Å². The highest BCUT2D eigenvalue weighted by Crippen LogP contribution is 2.43. The van der Waals surface area contributed by atoms with E-state index in [1.807, 2.05) is 56.4 Å². The monoisotopic (exact) mass is 884 g/mol. The molecule has 0 aliphatic carbocycles. The van der Waals surface area contributed by atoms with Gasteiger partial charge in [-0.05, 0) is 115 Å². The molecular formula is C49H54N7O9+. The number of aryl methyl sites for hydroxylation is 2. The number of carbonyl (C=O) groups is 2. The lowest BCUT2D eigenvalue weighted by molar-refractivity contribution is -0.154. The van der Waals surface area contributed by atoms with Gasteiger partial charge in [-0.25, -0.2) is 24.2 Å². The maximum atomic E-state index is 13.5. The van der Waals surface area contributed by atoms with E-state index in [1.54, 1.807) is 30.0 Å². The number of ether oxygens (including phenoxy) is 1. The van der Waals surface area contributed by atoms with E-state index in [1.165, 1.54) is 10.6 Å². The number of phenols is 2. The zero-order valence-corrected chi connectivity index (χ0v) is 36.9. The maximum absolute atomic E-state index is 13.5.